The van der Waals surface area contributed by atoms with Crippen LogP contribution < -0.4 is 0 Å². The molecule has 0 aliphatic carbocycles. The lowest BCUT2D eigenvalue weighted by molar-refractivity contribution is -0.124. The van der Waals surface area contributed by atoms with Crippen molar-refractivity contribution < 1.29 is 4.79 Å². The van der Waals surface area contributed by atoms with E-state index in [1.165, 1.54) is 4.42 Å². The second-order valence-electron chi connectivity index (χ2n) is 2.76. The van der Waals surface area contributed by atoms with Gasteiger partial charge in [0.15, 0.2) is 0 Å². The Morgan fingerprint density at radius 3 is 3.00 bits per heavy atom. The summed E-state index contributed by atoms with van der Waals surface area (Å²) >= 11 is 5.71. The van der Waals surface area contributed by atoms with E-state index in [9.17, 15) is 4.79 Å². The number of nitrogens with zero attached hydrogens (tertiary/aromatic N) is 1. The van der Waals surface area contributed by atoms with Crippen LogP contribution in [0.25, 0.3) is 0 Å². The lowest BCUT2D eigenvalue weighted by atomic mass is 10.1. The molecule has 0 N–H and O–H groups in total. The van der Waals surface area contributed by atoms with E-state index in [1.54, 1.807) is 0 Å². The number of carbonyl (C=O) groups is 1. The van der Waals surface area contributed by atoms with Crippen molar-refractivity contribution in [1.29, 1.82) is 0 Å². The van der Waals surface area contributed by atoms with E-state index in [-0.39, 0.29) is 11.9 Å². The molecule has 0 spiro atoms. The third-order valence-electron chi connectivity index (χ3n) is 1.95. The van der Waals surface area contributed by atoms with Gasteiger partial charge in [-0.25, -0.2) is 0 Å². The zero-order valence-corrected chi connectivity index (χ0v) is 7.18. The van der Waals surface area contributed by atoms with Crippen LogP contribution >= 0.6 is 11.8 Å². The van der Waals surface area contributed by atoms with Gasteiger partial charge >= 0.3 is 0 Å². The molecule has 1 atom stereocenters. The minimum Gasteiger partial charge on any atom is -0.274 e. The van der Waals surface area contributed by atoms with Crippen molar-refractivity contribution in [2.45, 2.75) is 31.7 Å². The Labute approximate surface area is 71.9 Å². The highest BCUT2D eigenvalue weighted by atomic mass is 35.5. The Kier molecular flexibility index (Phi) is 2.94. The average Bonchev–Trinajstić information content (AvgIpc) is 2.31. The molecule has 1 heterocycles. The van der Waals surface area contributed by atoms with Crippen LogP contribution in [0.2, 0.25) is 0 Å². The fourth-order valence-electron chi connectivity index (χ4n) is 1.28. The van der Waals surface area contributed by atoms with Crippen LogP contribution in [-0.4, -0.2) is 16.4 Å². The number of amides is 1. The Balaban J connectivity index is 2.35. The first-order chi connectivity index (χ1) is 5.25. The lowest BCUT2D eigenvalue weighted by Gasteiger charge is -2.14. The van der Waals surface area contributed by atoms with Crippen LogP contribution in [0.4, 0.5) is 0 Å². The van der Waals surface area contributed by atoms with Gasteiger partial charge in [-0.3, -0.25) is 9.21 Å². The van der Waals surface area contributed by atoms with Crippen molar-refractivity contribution in [2.75, 3.05) is 0 Å². The first-order valence-electron chi connectivity index (χ1n) is 3.84. The SMILES string of the molecule is C=CCCC1CCC(=O)N1Cl. The molecule has 0 aromatic carbocycles. The third kappa shape index (κ3) is 1.96. The predicted molar refractivity (Wildman–Crippen MR) is 45.2 cm³/mol. The van der Waals surface area contributed by atoms with Gasteiger partial charge in [0.05, 0.1) is 0 Å². The van der Waals surface area contributed by atoms with Crippen LogP contribution in [0.5, 0.6) is 0 Å². The zero-order valence-electron chi connectivity index (χ0n) is 6.42. The minimum atomic E-state index is 0.0562. The maximum atomic E-state index is 10.9. The monoisotopic (exact) mass is 173 g/mol. The summed E-state index contributed by atoms with van der Waals surface area (Å²) in [6.07, 6.45) is 5.23. The summed E-state index contributed by atoms with van der Waals surface area (Å²) in [7, 11) is 0. The van der Waals surface area contributed by atoms with E-state index in [0.717, 1.165) is 19.3 Å². The fourth-order valence-corrected chi connectivity index (χ4v) is 1.56. The number of hydrogen-bond acceptors (Lipinski definition) is 1. The van der Waals surface area contributed by atoms with Gasteiger partial charge in [-0.05, 0) is 19.3 Å². The Bertz CT molecular complexity index is 169. The number of hydrogen-bond donors (Lipinski definition) is 0. The maximum Gasteiger partial charge on any atom is 0.237 e. The summed E-state index contributed by atoms with van der Waals surface area (Å²) in [6.45, 7) is 3.62. The van der Waals surface area contributed by atoms with E-state index < -0.39 is 0 Å². The van der Waals surface area contributed by atoms with Gasteiger partial charge in [0.2, 0.25) is 5.91 Å². The molecule has 1 saturated heterocycles. The van der Waals surface area contributed by atoms with Gasteiger partial charge in [0.25, 0.3) is 0 Å². The Morgan fingerprint density at radius 1 is 1.82 bits per heavy atom. The van der Waals surface area contributed by atoms with Crippen LogP contribution in [0, 0.1) is 0 Å². The summed E-state index contributed by atoms with van der Waals surface area (Å²) in [5.41, 5.74) is 0. The second kappa shape index (κ2) is 3.77. The zero-order chi connectivity index (χ0) is 8.27. The van der Waals surface area contributed by atoms with Gasteiger partial charge in [0, 0.05) is 24.2 Å². The normalized spacial score (nSPS) is 24.3. The molecule has 1 fully saturated rings. The third-order valence-corrected chi connectivity index (χ3v) is 2.42. The molecule has 11 heavy (non-hydrogen) atoms. The van der Waals surface area contributed by atoms with Crippen molar-refractivity contribution >= 4 is 17.7 Å². The first kappa shape index (κ1) is 8.60. The van der Waals surface area contributed by atoms with Gasteiger partial charge in [-0.1, -0.05) is 6.08 Å². The van der Waals surface area contributed by atoms with E-state index in [4.69, 9.17) is 11.8 Å². The summed E-state index contributed by atoms with van der Waals surface area (Å²) in [6, 6.07) is 0.238. The van der Waals surface area contributed by atoms with Gasteiger partial charge in [-0.2, -0.15) is 0 Å². The van der Waals surface area contributed by atoms with E-state index in [0.29, 0.717) is 6.42 Å². The molecule has 1 unspecified atom stereocenters. The minimum absolute atomic E-state index is 0.0562. The second-order valence-corrected chi connectivity index (χ2v) is 3.13. The molecule has 0 bridgehead atoms. The smallest absolute Gasteiger partial charge is 0.237 e. The van der Waals surface area contributed by atoms with E-state index in [2.05, 4.69) is 6.58 Å². The Morgan fingerprint density at radius 2 is 2.55 bits per heavy atom. The van der Waals surface area contributed by atoms with Crippen LogP contribution in [0.3, 0.4) is 0 Å². The quantitative estimate of drug-likeness (QED) is 0.473. The molecule has 1 aliphatic heterocycles. The number of carbonyl (C=O) groups excluding carboxylic acids is 1. The molecular weight excluding hydrogens is 162 g/mol. The summed E-state index contributed by atoms with van der Waals surface area (Å²) < 4.78 is 1.34. The van der Waals surface area contributed by atoms with Crippen LogP contribution in [0.15, 0.2) is 12.7 Å². The molecule has 0 radical (unpaired) electrons. The highest BCUT2D eigenvalue weighted by Gasteiger charge is 2.28. The van der Waals surface area contributed by atoms with Gasteiger partial charge < -0.3 is 0 Å². The largest absolute Gasteiger partial charge is 0.274 e. The maximum absolute atomic E-state index is 10.9. The molecule has 62 valence electrons. The van der Waals surface area contributed by atoms with Crippen molar-refractivity contribution in [1.82, 2.24) is 4.42 Å². The van der Waals surface area contributed by atoms with E-state index in [1.807, 2.05) is 6.08 Å². The van der Waals surface area contributed by atoms with Crippen LogP contribution in [-0.2, 0) is 4.79 Å². The molecule has 3 heteroatoms. The molecular formula is C8H12ClNO. The molecule has 1 amide bonds. The molecule has 1 rings (SSSR count). The predicted octanol–water partition coefficient (Wildman–Crippen LogP) is 2.10. The summed E-state index contributed by atoms with van der Waals surface area (Å²) in [5, 5.41) is 0. The van der Waals surface area contributed by atoms with E-state index >= 15 is 0 Å². The highest BCUT2D eigenvalue weighted by molar-refractivity contribution is 6.22. The summed E-state index contributed by atoms with van der Waals surface area (Å²) in [4.78, 5) is 10.9. The molecule has 0 aromatic heterocycles. The van der Waals surface area contributed by atoms with Crippen molar-refractivity contribution in [3.8, 4) is 0 Å². The van der Waals surface area contributed by atoms with Gasteiger partial charge in [0.1, 0.15) is 0 Å². The number of halogens is 1. The number of allylic oxidation sites excluding steroid dienone is 1. The highest BCUT2D eigenvalue weighted by Crippen LogP contribution is 2.24. The molecule has 1 aliphatic rings. The van der Waals surface area contributed by atoms with Crippen molar-refractivity contribution in [3.63, 3.8) is 0 Å². The van der Waals surface area contributed by atoms with Crippen molar-refractivity contribution in [3.05, 3.63) is 12.7 Å². The molecule has 0 saturated carbocycles. The average molecular weight is 174 g/mol. The number of rotatable bonds is 3. The standard InChI is InChI=1S/C8H12ClNO/c1-2-3-4-7-5-6-8(11)10(7)9/h2,7H,1,3-6H2. The van der Waals surface area contributed by atoms with Crippen molar-refractivity contribution in [2.24, 2.45) is 0 Å². The fraction of sp³-hybridized carbons (Fsp3) is 0.625. The topological polar surface area (TPSA) is 20.3 Å². The van der Waals surface area contributed by atoms with Gasteiger partial charge in [-0.15, -0.1) is 6.58 Å². The van der Waals surface area contributed by atoms with Crippen LogP contribution in [0.1, 0.15) is 25.7 Å². The summed E-state index contributed by atoms with van der Waals surface area (Å²) in [5.74, 6) is 0.0562. The first-order valence-corrected chi connectivity index (χ1v) is 4.18. The Hall–Kier alpha value is -0.500. The molecule has 2 nitrogen and oxygen atoms in total. The lowest BCUT2D eigenvalue weighted by Crippen LogP contribution is -2.22. The molecule has 0 aromatic rings.